The fraction of sp³-hybridized carbons (Fsp3) is 0.143. The molecule has 3 aromatic carbocycles. The molecule has 134 valence electrons. The second-order valence-electron chi connectivity index (χ2n) is 6.18. The van der Waals surface area contributed by atoms with Crippen molar-refractivity contribution in [3.05, 3.63) is 72.8 Å². The quantitative estimate of drug-likeness (QED) is 0.710. The molecule has 0 unspecified atom stereocenters. The van der Waals surface area contributed by atoms with E-state index in [1.54, 1.807) is 60.7 Å². The van der Waals surface area contributed by atoms with E-state index < -0.39 is 9.84 Å². The maximum Gasteiger partial charge on any atom is 0.207 e. The summed E-state index contributed by atoms with van der Waals surface area (Å²) in [6, 6.07) is 19.8. The largest absolute Gasteiger partial charge is 0.508 e. The summed E-state index contributed by atoms with van der Waals surface area (Å²) in [5.41, 5.74) is 1.32. The van der Waals surface area contributed by atoms with Gasteiger partial charge in [0.25, 0.3) is 0 Å². The zero-order chi connectivity index (χ0) is 18.7. The summed E-state index contributed by atoms with van der Waals surface area (Å²) in [4.78, 5) is 0.433. The van der Waals surface area contributed by atoms with E-state index in [-0.39, 0.29) is 21.6 Å². The van der Waals surface area contributed by atoms with Gasteiger partial charge in [-0.25, -0.2) is 8.42 Å². The van der Waals surface area contributed by atoms with Gasteiger partial charge < -0.3 is 9.84 Å². The summed E-state index contributed by atoms with van der Waals surface area (Å²) in [5.74, 6) is 0.764. The van der Waals surface area contributed by atoms with Crippen molar-refractivity contribution in [3.8, 4) is 22.6 Å². The Morgan fingerprint density at radius 1 is 0.846 bits per heavy atom. The molecule has 0 amide bonds. The van der Waals surface area contributed by atoms with E-state index in [9.17, 15) is 13.5 Å². The van der Waals surface area contributed by atoms with E-state index >= 15 is 0 Å². The number of hydrogen-bond acceptors (Lipinski definition) is 4. The van der Waals surface area contributed by atoms with Gasteiger partial charge in [-0.3, -0.25) is 0 Å². The van der Waals surface area contributed by atoms with Crippen LogP contribution in [0.5, 0.6) is 11.5 Å². The minimum Gasteiger partial charge on any atom is -0.508 e. The molecule has 0 aliphatic carbocycles. The Morgan fingerprint density at radius 2 is 1.46 bits per heavy atom. The van der Waals surface area contributed by atoms with Crippen LogP contribution in [0.25, 0.3) is 11.1 Å². The number of benzene rings is 3. The standard InChI is InChI=1S/C21H20O4S/c1-15(2)25-18-11-13-19(14-12-18)26(23,24)21-6-4-3-5-20(21)16-7-9-17(22)10-8-16/h3-15,22H,1-2H3. The Balaban J connectivity index is 2.04. The molecule has 26 heavy (non-hydrogen) atoms. The van der Waals surface area contributed by atoms with Crippen molar-refractivity contribution in [1.82, 2.24) is 0 Å². The van der Waals surface area contributed by atoms with Crippen LogP contribution in [0.4, 0.5) is 0 Å². The predicted octanol–water partition coefficient (Wildman–Crippen LogP) is 4.68. The molecule has 0 saturated carbocycles. The van der Waals surface area contributed by atoms with Crippen LogP contribution in [-0.4, -0.2) is 19.6 Å². The van der Waals surface area contributed by atoms with Gasteiger partial charge in [0.05, 0.1) is 15.9 Å². The molecule has 0 radical (unpaired) electrons. The second-order valence-corrected chi connectivity index (χ2v) is 8.10. The van der Waals surface area contributed by atoms with Gasteiger partial charge in [0.15, 0.2) is 0 Å². The van der Waals surface area contributed by atoms with Gasteiger partial charge in [-0.2, -0.15) is 0 Å². The summed E-state index contributed by atoms with van der Waals surface area (Å²) in [5, 5.41) is 9.47. The lowest BCUT2D eigenvalue weighted by atomic mass is 10.1. The highest BCUT2D eigenvalue weighted by Crippen LogP contribution is 2.32. The van der Waals surface area contributed by atoms with Gasteiger partial charge in [0, 0.05) is 5.56 Å². The number of sulfone groups is 1. The van der Waals surface area contributed by atoms with Gasteiger partial charge in [-0.15, -0.1) is 0 Å². The van der Waals surface area contributed by atoms with E-state index in [1.165, 1.54) is 12.1 Å². The average molecular weight is 368 g/mol. The molecule has 0 spiro atoms. The monoisotopic (exact) mass is 368 g/mol. The normalized spacial score (nSPS) is 11.5. The van der Waals surface area contributed by atoms with Crippen molar-refractivity contribution in [2.24, 2.45) is 0 Å². The van der Waals surface area contributed by atoms with Gasteiger partial charge in [0.1, 0.15) is 11.5 Å². The molecule has 0 aromatic heterocycles. The van der Waals surface area contributed by atoms with Crippen LogP contribution >= 0.6 is 0 Å². The van der Waals surface area contributed by atoms with Crippen molar-refractivity contribution in [2.75, 3.05) is 0 Å². The first-order chi connectivity index (χ1) is 12.4. The molecule has 0 aliphatic rings. The second kappa shape index (κ2) is 7.22. The maximum atomic E-state index is 13.1. The van der Waals surface area contributed by atoms with Gasteiger partial charge in [0.2, 0.25) is 9.84 Å². The molecule has 3 aromatic rings. The van der Waals surface area contributed by atoms with Crippen LogP contribution in [0.3, 0.4) is 0 Å². The van der Waals surface area contributed by atoms with E-state index in [0.29, 0.717) is 11.3 Å². The Kier molecular flexibility index (Phi) is 5.00. The maximum absolute atomic E-state index is 13.1. The van der Waals surface area contributed by atoms with Crippen LogP contribution in [-0.2, 0) is 9.84 Å². The van der Waals surface area contributed by atoms with E-state index in [4.69, 9.17) is 4.74 Å². The molecule has 0 fully saturated rings. The fourth-order valence-corrected chi connectivity index (χ4v) is 4.16. The third kappa shape index (κ3) is 3.73. The lowest BCUT2D eigenvalue weighted by Crippen LogP contribution is -2.07. The Morgan fingerprint density at radius 3 is 2.08 bits per heavy atom. The molecule has 1 N–H and O–H groups in total. The van der Waals surface area contributed by atoms with Crippen LogP contribution in [0, 0.1) is 0 Å². The third-order valence-electron chi connectivity index (χ3n) is 3.86. The molecule has 0 bridgehead atoms. The highest BCUT2D eigenvalue weighted by atomic mass is 32.2. The summed E-state index contributed by atoms with van der Waals surface area (Å²) >= 11 is 0. The highest BCUT2D eigenvalue weighted by Gasteiger charge is 2.21. The third-order valence-corrected chi connectivity index (χ3v) is 5.69. The summed E-state index contributed by atoms with van der Waals surface area (Å²) < 4.78 is 31.8. The zero-order valence-corrected chi connectivity index (χ0v) is 15.4. The lowest BCUT2D eigenvalue weighted by molar-refractivity contribution is 0.242. The van der Waals surface area contributed by atoms with Crippen molar-refractivity contribution in [1.29, 1.82) is 0 Å². The van der Waals surface area contributed by atoms with Gasteiger partial charge in [-0.1, -0.05) is 30.3 Å². The molecule has 0 aliphatic heterocycles. The number of hydrogen-bond donors (Lipinski definition) is 1. The summed E-state index contributed by atoms with van der Waals surface area (Å²) in [7, 11) is -3.69. The van der Waals surface area contributed by atoms with Crippen LogP contribution in [0.2, 0.25) is 0 Å². The summed E-state index contributed by atoms with van der Waals surface area (Å²) in [6.07, 6.45) is 0.0210. The van der Waals surface area contributed by atoms with Crippen LogP contribution in [0.1, 0.15) is 13.8 Å². The minimum atomic E-state index is -3.69. The number of ether oxygens (including phenoxy) is 1. The Labute approximate surface area is 153 Å². The van der Waals surface area contributed by atoms with Gasteiger partial charge >= 0.3 is 0 Å². The van der Waals surface area contributed by atoms with Crippen molar-refractivity contribution in [2.45, 2.75) is 29.7 Å². The Hall–Kier alpha value is -2.79. The molecular weight excluding hydrogens is 348 g/mol. The van der Waals surface area contributed by atoms with E-state index in [0.717, 1.165) is 5.56 Å². The molecule has 0 heterocycles. The smallest absolute Gasteiger partial charge is 0.207 e. The van der Waals surface area contributed by atoms with Crippen molar-refractivity contribution < 1.29 is 18.3 Å². The van der Waals surface area contributed by atoms with Crippen molar-refractivity contribution >= 4 is 9.84 Å². The minimum absolute atomic E-state index is 0.0210. The molecule has 0 atom stereocenters. The first-order valence-corrected chi connectivity index (χ1v) is 9.76. The van der Waals surface area contributed by atoms with E-state index in [1.807, 2.05) is 13.8 Å². The zero-order valence-electron chi connectivity index (χ0n) is 14.6. The van der Waals surface area contributed by atoms with Crippen LogP contribution < -0.4 is 4.74 Å². The lowest BCUT2D eigenvalue weighted by Gasteiger charge is -2.13. The van der Waals surface area contributed by atoms with E-state index in [2.05, 4.69) is 0 Å². The summed E-state index contributed by atoms with van der Waals surface area (Å²) in [6.45, 7) is 3.83. The molecular formula is C21H20O4S. The molecule has 0 saturated heterocycles. The number of phenols is 1. The first-order valence-electron chi connectivity index (χ1n) is 8.28. The number of phenolic OH excluding ortho intramolecular Hbond substituents is 1. The molecule has 5 heteroatoms. The SMILES string of the molecule is CC(C)Oc1ccc(S(=O)(=O)c2ccccc2-c2ccc(O)cc2)cc1. The highest BCUT2D eigenvalue weighted by molar-refractivity contribution is 7.91. The topological polar surface area (TPSA) is 63.6 Å². The first kappa shape index (κ1) is 18.0. The Bertz CT molecular complexity index is 989. The van der Waals surface area contributed by atoms with Crippen LogP contribution in [0.15, 0.2) is 82.6 Å². The molecule has 3 rings (SSSR count). The number of aromatic hydroxyl groups is 1. The predicted molar refractivity (Wildman–Crippen MR) is 101 cm³/mol. The number of rotatable bonds is 5. The average Bonchev–Trinajstić information content (AvgIpc) is 2.62. The van der Waals surface area contributed by atoms with Gasteiger partial charge in [-0.05, 0) is 61.9 Å². The van der Waals surface area contributed by atoms with Crippen molar-refractivity contribution in [3.63, 3.8) is 0 Å². The fourth-order valence-electron chi connectivity index (χ4n) is 2.68. The molecule has 4 nitrogen and oxygen atoms in total.